The second-order valence-corrected chi connectivity index (χ2v) is 7.25. The third-order valence-corrected chi connectivity index (χ3v) is 4.54. The minimum atomic E-state index is -0.313. The van der Waals surface area contributed by atoms with Crippen molar-refractivity contribution in [1.82, 2.24) is 0 Å². The van der Waals surface area contributed by atoms with Crippen molar-refractivity contribution in [3.63, 3.8) is 0 Å². The third-order valence-electron chi connectivity index (χ3n) is 4.54. The molecule has 2 aromatic rings. The number of ether oxygens (including phenoxy) is 1. The van der Waals surface area contributed by atoms with Crippen LogP contribution in [0.4, 0.5) is 17.1 Å². The van der Waals surface area contributed by atoms with E-state index in [4.69, 9.17) is 4.74 Å². The number of hydrogen-bond donors (Lipinski definition) is 2. The highest BCUT2D eigenvalue weighted by Gasteiger charge is 2.34. The first-order chi connectivity index (χ1) is 12.4. The molecule has 0 spiro atoms. The summed E-state index contributed by atoms with van der Waals surface area (Å²) < 4.78 is 5.61. The molecule has 2 aromatic carbocycles. The van der Waals surface area contributed by atoms with E-state index in [0.29, 0.717) is 18.0 Å². The van der Waals surface area contributed by atoms with Crippen LogP contribution in [0.1, 0.15) is 27.7 Å². The van der Waals surface area contributed by atoms with Gasteiger partial charge in [-0.2, -0.15) is 0 Å². The van der Waals surface area contributed by atoms with Gasteiger partial charge in [0, 0.05) is 12.1 Å². The highest BCUT2D eigenvalue weighted by molar-refractivity contribution is 5.98. The van der Waals surface area contributed by atoms with Crippen molar-refractivity contribution in [2.24, 2.45) is 0 Å². The summed E-state index contributed by atoms with van der Waals surface area (Å²) in [4.78, 5) is 15.1. The highest BCUT2D eigenvalue weighted by Crippen LogP contribution is 2.35. The van der Waals surface area contributed by atoms with Gasteiger partial charge in [-0.05, 0) is 52.0 Å². The summed E-state index contributed by atoms with van der Waals surface area (Å²) >= 11 is 0. The molecule has 1 amide bonds. The van der Waals surface area contributed by atoms with Crippen molar-refractivity contribution in [2.45, 2.75) is 39.3 Å². The Labute approximate surface area is 155 Å². The monoisotopic (exact) mass is 353 g/mol. The minimum Gasteiger partial charge on any atom is -0.492 e. The molecule has 0 radical (unpaired) electrons. The second-order valence-electron chi connectivity index (χ2n) is 7.25. The molecule has 0 saturated heterocycles. The Bertz CT molecular complexity index is 788. The fourth-order valence-corrected chi connectivity index (χ4v) is 3.32. The van der Waals surface area contributed by atoms with E-state index >= 15 is 0 Å². The van der Waals surface area contributed by atoms with E-state index in [0.717, 1.165) is 17.9 Å². The van der Waals surface area contributed by atoms with Crippen LogP contribution in [0.3, 0.4) is 0 Å². The number of fused-ring (bicyclic) bond motifs is 1. The van der Waals surface area contributed by atoms with Gasteiger partial charge in [-0.25, -0.2) is 0 Å². The van der Waals surface area contributed by atoms with Gasteiger partial charge >= 0.3 is 0 Å². The van der Waals surface area contributed by atoms with Crippen LogP contribution >= 0.6 is 0 Å². The lowest BCUT2D eigenvalue weighted by atomic mass is 9.97. The van der Waals surface area contributed by atoms with E-state index in [1.807, 2.05) is 50.2 Å². The minimum absolute atomic E-state index is 0.0512. The van der Waals surface area contributed by atoms with Crippen LogP contribution in [-0.2, 0) is 4.79 Å². The number of benzene rings is 2. The lowest BCUT2D eigenvalue weighted by Crippen LogP contribution is -2.54. The molecule has 0 aliphatic carbocycles. The fraction of sp³-hybridized carbons (Fsp3) is 0.381. The van der Waals surface area contributed by atoms with Crippen molar-refractivity contribution in [3.05, 3.63) is 48.5 Å². The van der Waals surface area contributed by atoms with E-state index in [9.17, 15) is 4.79 Å². The molecule has 2 N–H and O–H groups in total. The molecule has 5 nitrogen and oxygen atoms in total. The van der Waals surface area contributed by atoms with Crippen molar-refractivity contribution < 1.29 is 9.53 Å². The Morgan fingerprint density at radius 1 is 1.23 bits per heavy atom. The zero-order chi connectivity index (χ0) is 18.7. The molecule has 0 fully saturated rings. The molecule has 1 heterocycles. The molecule has 1 aliphatic rings. The van der Waals surface area contributed by atoms with E-state index in [1.54, 1.807) is 0 Å². The number of rotatable bonds is 5. The first kappa shape index (κ1) is 18.1. The highest BCUT2D eigenvalue weighted by atomic mass is 16.5. The van der Waals surface area contributed by atoms with E-state index in [1.165, 1.54) is 0 Å². The number of nitrogens with zero attached hydrogens (tertiary/aromatic N) is 1. The number of nitrogens with one attached hydrogen (secondary N) is 2. The molecule has 3 rings (SSSR count). The lowest BCUT2D eigenvalue weighted by molar-refractivity contribution is -0.117. The van der Waals surface area contributed by atoms with Crippen LogP contribution in [-0.4, -0.2) is 30.6 Å². The van der Waals surface area contributed by atoms with Crippen LogP contribution in [0.2, 0.25) is 0 Å². The van der Waals surface area contributed by atoms with Crippen LogP contribution < -0.4 is 20.3 Å². The van der Waals surface area contributed by atoms with Crippen molar-refractivity contribution in [2.75, 3.05) is 28.7 Å². The number of amides is 1. The molecule has 1 atom stereocenters. The second kappa shape index (κ2) is 7.28. The maximum absolute atomic E-state index is 13.0. The summed E-state index contributed by atoms with van der Waals surface area (Å²) in [6, 6.07) is 15.3. The van der Waals surface area contributed by atoms with Gasteiger partial charge in [-0.15, -0.1) is 0 Å². The fourth-order valence-electron chi connectivity index (χ4n) is 3.32. The Balaban J connectivity index is 1.83. The number of carbonyl (C=O) groups is 1. The van der Waals surface area contributed by atoms with Crippen LogP contribution in [0.15, 0.2) is 48.5 Å². The molecule has 0 bridgehead atoms. The van der Waals surface area contributed by atoms with Gasteiger partial charge in [0.1, 0.15) is 11.8 Å². The molecule has 0 saturated carbocycles. The van der Waals surface area contributed by atoms with Crippen molar-refractivity contribution in [3.8, 4) is 5.75 Å². The van der Waals surface area contributed by atoms with Gasteiger partial charge in [-0.1, -0.05) is 24.3 Å². The normalized spacial score (nSPS) is 16.2. The van der Waals surface area contributed by atoms with E-state index in [2.05, 4.69) is 41.5 Å². The third kappa shape index (κ3) is 3.77. The van der Waals surface area contributed by atoms with Crippen LogP contribution in [0, 0.1) is 0 Å². The van der Waals surface area contributed by atoms with Crippen LogP contribution in [0.25, 0.3) is 0 Å². The van der Waals surface area contributed by atoms with Crippen LogP contribution in [0.5, 0.6) is 5.75 Å². The zero-order valence-electron chi connectivity index (χ0n) is 15.9. The summed E-state index contributed by atoms with van der Waals surface area (Å²) in [6.07, 6.45) is 0. The smallest absolute Gasteiger partial charge is 0.246 e. The van der Waals surface area contributed by atoms with Crippen molar-refractivity contribution >= 4 is 23.0 Å². The number of para-hydroxylation sites is 4. The van der Waals surface area contributed by atoms with Gasteiger partial charge in [0.05, 0.1) is 23.7 Å². The quantitative estimate of drug-likeness (QED) is 0.849. The predicted molar refractivity (Wildman–Crippen MR) is 107 cm³/mol. The number of hydrogen-bond acceptors (Lipinski definition) is 4. The first-order valence-corrected chi connectivity index (χ1v) is 9.08. The molecule has 5 heteroatoms. The van der Waals surface area contributed by atoms with Gasteiger partial charge in [0.2, 0.25) is 5.91 Å². The molecule has 26 heavy (non-hydrogen) atoms. The zero-order valence-corrected chi connectivity index (χ0v) is 15.9. The average molecular weight is 353 g/mol. The summed E-state index contributed by atoms with van der Waals surface area (Å²) in [5, 5.41) is 6.57. The van der Waals surface area contributed by atoms with Gasteiger partial charge in [-0.3, -0.25) is 4.79 Å². The topological polar surface area (TPSA) is 53.6 Å². The van der Waals surface area contributed by atoms with Gasteiger partial charge in [0.15, 0.2) is 0 Å². The molecule has 1 aliphatic heterocycles. The standard InChI is InChI=1S/C21H27N3O2/c1-5-26-19-13-9-7-11-17(19)22-20(25)15(2)24-14-21(3,4)23-16-10-6-8-12-18(16)24/h6-13,15,23H,5,14H2,1-4H3,(H,22,25). The summed E-state index contributed by atoms with van der Waals surface area (Å²) in [6.45, 7) is 9.46. The number of carbonyl (C=O) groups excluding carboxylic acids is 1. The lowest BCUT2D eigenvalue weighted by Gasteiger charge is -2.44. The Morgan fingerprint density at radius 2 is 1.92 bits per heavy atom. The predicted octanol–water partition coefficient (Wildman–Crippen LogP) is 4.12. The SMILES string of the molecule is CCOc1ccccc1NC(=O)C(C)N1CC(C)(C)Nc2ccccc21. The van der Waals surface area contributed by atoms with Gasteiger partial charge < -0.3 is 20.3 Å². The van der Waals surface area contributed by atoms with E-state index in [-0.39, 0.29) is 17.5 Å². The molecular formula is C21H27N3O2. The summed E-state index contributed by atoms with van der Waals surface area (Å²) in [5.41, 5.74) is 2.69. The molecule has 138 valence electrons. The van der Waals surface area contributed by atoms with E-state index < -0.39 is 0 Å². The number of anilines is 3. The first-order valence-electron chi connectivity index (χ1n) is 9.08. The Morgan fingerprint density at radius 3 is 2.69 bits per heavy atom. The molecular weight excluding hydrogens is 326 g/mol. The van der Waals surface area contributed by atoms with Gasteiger partial charge in [0.25, 0.3) is 0 Å². The van der Waals surface area contributed by atoms with Crippen molar-refractivity contribution in [1.29, 1.82) is 0 Å². The molecule has 0 aromatic heterocycles. The summed E-state index contributed by atoms with van der Waals surface area (Å²) in [7, 11) is 0. The Hall–Kier alpha value is -2.69. The summed E-state index contributed by atoms with van der Waals surface area (Å²) in [5.74, 6) is 0.640. The maximum atomic E-state index is 13.0. The Kier molecular flexibility index (Phi) is 5.07. The largest absolute Gasteiger partial charge is 0.492 e. The maximum Gasteiger partial charge on any atom is 0.246 e. The molecule has 1 unspecified atom stereocenters. The average Bonchev–Trinajstić information content (AvgIpc) is 2.61.